The van der Waals surface area contributed by atoms with Gasteiger partial charge in [0.05, 0.1) is 0 Å². The molecule has 0 bridgehead atoms. The smallest absolute Gasteiger partial charge is 0.337 e. The fourth-order valence-corrected chi connectivity index (χ4v) is 4.73. The van der Waals surface area contributed by atoms with Crippen LogP contribution >= 0.6 is 0 Å². The third-order valence-corrected chi connectivity index (χ3v) is 7.46. The van der Waals surface area contributed by atoms with Gasteiger partial charge in [-0.25, -0.2) is 43.2 Å². The van der Waals surface area contributed by atoms with E-state index in [0.29, 0.717) is 0 Å². The van der Waals surface area contributed by atoms with E-state index in [-0.39, 0.29) is 11.1 Å². The van der Waals surface area contributed by atoms with Crippen LogP contribution in [0.1, 0.15) is 16.7 Å². The quantitative estimate of drug-likeness (QED) is 0.113. The van der Waals surface area contributed by atoms with Gasteiger partial charge >= 0.3 is 53.7 Å². The van der Waals surface area contributed by atoms with Gasteiger partial charge in [-0.3, -0.25) is 0 Å². The predicted octanol–water partition coefficient (Wildman–Crippen LogP) is 1.11. The minimum absolute atomic E-state index is 0.137. The van der Waals surface area contributed by atoms with Crippen molar-refractivity contribution < 1.29 is 89.1 Å². The summed E-state index contributed by atoms with van der Waals surface area (Å²) in [6.07, 6.45) is 0. The maximum absolute atomic E-state index is 12.2. The van der Waals surface area contributed by atoms with Crippen molar-refractivity contribution in [1.29, 1.82) is 0 Å². The summed E-state index contributed by atoms with van der Waals surface area (Å²) in [6.45, 7) is 9.80. The van der Waals surface area contributed by atoms with E-state index in [9.17, 15) is 89.1 Å². The van der Waals surface area contributed by atoms with E-state index in [1.165, 1.54) is 6.07 Å². The molecule has 0 heterocycles. The highest BCUT2D eigenvalue weighted by molar-refractivity contribution is 6.29. The van der Waals surface area contributed by atoms with Crippen molar-refractivity contribution in [2.75, 3.05) is 0 Å². The van der Waals surface area contributed by atoms with E-state index in [2.05, 4.69) is 19.7 Å². The summed E-state index contributed by atoms with van der Waals surface area (Å²) in [5.41, 5.74) is -17.7. The monoisotopic (exact) mass is 670 g/mol. The Morgan fingerprint density at radius 1 is 0.396 bits per heavy atom. The highest BCUT2D eigenvalue weighted by atomic mass is 16.4. The van der Waals surface area contributed by atoms with Crippen LogP contribution in [0.4, 0.5) is 0 Å². The zero-order chi connectivity index (χ0) is 37.3. The Hall–Kier alpha value is -7.11. The molecule has 48 heavy (non-hydrogen) atoms. The Kier molecular flexibility index (Phi) is 9.82. The predicted molar refractivity (Wildman–Crippen MR) is 155 cm³/mol. The first-order valence-corrected chi connectivity index (χ1v) is 12.5. The molecule has 18 nitrogen and oxygen atoms in total. The van der Waals surface area contributed by atoms with Gasteiger partial charge in [0.1, 0.15) is 0 Å². The van der Waals surface area contributed by atoms with Crippen molar-refractivity contribution in [2.24, 2.45) is 16.2 Å². The van der Waals surface area contributed by atoms with Crippen molar-refractivity contribution in [3.8, 4) is 11.1 Å². The van der Waals surface area contributed by atoms with Crippen LogP contribution in [0.2, 0.25) is 0 Å². The average molecular weight is 670 g/mol. The zero-order valence-electron chi connectivity index (χ0n) is 23.9. The van der Waals surface area contributed by atoms with Crippen LogP contribution in [0.15, 0.2) is 62.2 Å². The molecule has 0 aromatic heterocycles. The molecule has 2 rings (SSSR count). The third-order valence-electron chi connectivity index (χ3n) is 7.46. The molecule has 0 unspecified atom stereocenters. The lowest BCUT2D eigenvalue weighted by Crippen LogP contribution is -2.48. The minimum Gasteiger partial charge on any atom is -0.480 e. The molecule has 0 aliphatic heterocycles. The fraction of sp³-hybridized carbons (Fsp3) is 0.100. The molecular formula is C30H22O18. The van der Waals surface area contributed by atoms with E-state index in [4.69, 9.17) is 0 Å². The number of carbonyl (C=O) groups is 9. The topological polar surface area (TPSA) is 336 Å². The number of hydrogen-bond acceptors (Lipinski definition) is 9. The zero-order valence-corrected chi connectivity index (χ0v) is 23.9. The van der Waals surface area contributed by atoms with Crippen molar-refractivity contribution in [3.05, 3.63) is 78.9 Å². The van der Waals surface area contributed by atoms with Crippen LogP contribution in [0.3, 0.4) is 0 Å². The maximum atomic E-state index is 12.2. The lowest BCUT2D eigenvalue weighted by molar-refractivity contribution is -0.173. The molecule has 0 radical (unpaired) electrons. The second-order valence-corrected chi connectivity index (χ2v) is 9.77. The second-order valence-electron chi connectivity index (χ2n) is 9.77. The Morgan fingerprint density at radius 2 is 0.708 bits per heavy atom. The first kappa shape index (κ1) is 37.1. The summed E-state index contributed by atoms with van der Waals surface area (Å²) in [7, 11) is 0. The molecule has 0 spiro atoms. The molecule has 0 saturated heterocycles. The average Bonchev–Trinajstić information content (AvgIpc) is 2.95. The maximum Gasteiger partial charge on any atom is 0.337 e. The second kappa shape index (κ2) is 12.7. The summed E-state index contributed by atoms with van der Waals surface area (Å²) >= 11 is 0. The van der Waals surface area contributed by atoms with E-state index in [1.807, 2.05) is 0 Å². The Morgan fingerprint density at radius 3 is 1.06 bits per heavy atom. The summed E-state index contributed by atoms with van der Waals surface area (Å²) in [4.78, 5) is 108. The summed E-state index contributed by atoms with van der Waals surface area (Å²) in [5.74, 6) is -22.2. The van der Waals surface area contributed by atoms with Gasteiger partial charge in [-0.15, -0.1) is 0 Å². The lowest BCUT2D eigenvalue weighted by Gasteiger charge is -2.28. The Labute approximate surface area is 266 Å². The molecule has 0 atom stereocenters. The Bertz CT molecular complexity index is 1790. The van der Waals surface area contributed by atoms with Crippen LogP contribution in [0.5, 0.6) is 0 Å². The first-order chi connectivity index (χ1) is 22.0. The molecule has 2 aromatic rings. The highest BCUT2D eigenvalue weighted by Gasteiger charge is 2.61. The molecule has 2 aromatic carbocycles. The normalized spacial score (nSPS) is 11.4. The Balaban J connectivity index is 3.11. The van der Waals surface area contributed by atoms with Gasteiger partial charge < -0.3 is 46.0 Å². The number of hydrogen-bond donors (Lipinski definition) is 9. The number of aliphatic carboxylic acids is 9. The molecule has 0 aliphatic rings. The van der Waals surface area contributed by atoms with E-state index in [0.717, 1.165) is 36.4 Å². The van der Waals surface area contributed by atoms with Gasteiger partial charge in [0.25, 0.3) is 16.2 Å². The fourth-order valence-electron chi connectivity index (χ4n) is 4.73. The van der Waals surface area contributed by atoms with Gasteiger partial charge in [0.2, 0.25) is 0 Å². The molecule has 0 aliphatic carbocycles. The van der Waals surface area contributed by atoms with Crippen molar-refractivity contribution in [1.82, 2.24) is 0 Å². The molecule has 9 N–H and O–H groups in total. The first-order valence-electron chi connectivity index (χ1n) is 12.5. The molecule has 250 valence electrons. The van der Waals surface area contributed by atoms with Crippen molar-refractivity contribution in [3.63, 3.8) is 0 Å². The standard InChI is InChI=1S/C30H22O18/c1-11(28(19(31)32,20(33)34)21(35)36)14-5-4-6-15(9-14)16-7-8-17(12(2)29(22(37)38,23(39)40)24(41)42)18(10-16)13(3)30(25(43)44,26(45)46)27(47)48/h4-10H,1-3H2,(H,31,32)(H,33,34)(H,35,36)(H,37,38)(H,39,40)(H,41,42)(H,43,44)(H,45,46)(H,47,48). The third kappa shape index (κ3) is 5.17. The number of carboxylic acids is 9. The molecule has 0 saturated carbocycles. The van der Waals surface area contributed by atoms with E-state index >= 15 is 0 Å². The molecule has 0 amide bonds. The largest absolute Gasteiger partial charge is 0.480 e. The summed E-state index contributed by atoms with van der Waals surface area (Å²) in [6, 6.07) is 6.80. The van der Waals surface area contributed by atoms with Gasteiger partial charge in [0.15, 0.2) is 0 Å². The molecule has 0 fully saturated rings. The van der Waals surface area contributed by atoms with Crippen LogP contribution in [0.25, 0.3) is 27.8 Å². The van der Waals surface area contributed by atoms with Gasteiger partial charge in [-0.05, 0) is 56.7 Å². The van der Waals surface area contributed by atoms with Crippen LogP contribution in [-0.4, -0.2) is 99.7 Å². The van der Waals surface area contributed by atoms with E-state index < -0.39 is 103 Å². The van der Waals surface area contributed by atoms with Gasteiger partial charge in [-0.2, -0.15) is 0 Å². The number of benzene rings is 2. The molecule has 18 heteroatoms. The van der Waals surface area contributed by atoms with Crippen LogP contribution in [0, 0.1) is 16.2 Å². The number of carboxylic acid groups (broad SMARTS) is 9. The van der Waals surface area contributed by atoms with Crippen molar-refractivity contribution >= 4 is 70.4 Å². The highest BCUT2D eigenvalue weighted by Crippen LogP contribution is 2.45. The summed E-state index contributed by atoms with van der Waals surface area (Å²) in [5, 5.41) is 87.0. The number of rotatable bonds is 16. The van der Waals surface area contributed by atoms with Crippen molar-refractivity contribution in [2.45, 2.75) is 0 Å². The van der Waals surface area contributed by atoms with Gasteiger partial charge in [-0.1, -0.05) is 50.1 Å². The molecular weight excluding hydrogens is 648 g/mol. The van der Waals surface area contributed by atoms with Gasteiger partial charge in [0, 0.05) is 0 Å². The SMILES string of the molecule is C=C(c1cccc(-c2ccc(C(=C)C(C(=O)O)(C(=O)O)C(=O)O)c(C(=C)C(C(=O)O)(C(=O)O)C(=O)O)c2)c1)C(C(=O)O)(C(=O)O)C(=O)O. The minimum atomic E-state index is -3.95. The van der Waals surface area contributed by atoms with Crippen LogP contribution < -0.4 is 0 Å². The summed E-state index contributed by atoms with van der Waals surface area (Å²) < 4.78 is 0. The van der Waals surface area contributed by atoms with Crippen LogP contribution in [-0.2, 0) is 43.2 Å². The lowest BCUT2D eigenvalue weighted by atomic mass is 9.71. The van der Waals surface area contributed by atoms with E-state index in [1.54, 1.807) is 0 Å².